The van der Waals surface area contributed by atoms with Gasteiger partial charge in [0.15, 0.2) is 0 Å². The van der Waals surface area contributed by atoms with Crippen molar-refractivity contribution in [2.45, 2.75) is 35.7 Å². The van der Waals surface area contributed by atoms with Crippen LogP contribution in [0.1, 0.15) is 18.4 Å². The smallest absolute Gasteiger partial charge is 0.334 e. The highest BCUT2D eigenvalue weighted by Gasteiger charge is 2.41. The molecule has 1 aliphatic carbocycles. The average molecular weight is 289 g/mol. The molecular formula is C13H14F3NOS. The van der Waals surface area contributed by atoms with Gasteiger partial charge < -0.3 is 4.90 Å². The molecule has 0 aromatic heterocycles. The molecule has 0 spiro atoms. The second-order valence-electron chi connectivity index (χ2n) is 4.58. The molecule has 0 radical (unpaired) electrons. The van der Waals surface area contributed by atoms with E-state index in [1.165, 1.54) is 7.05 Å². The standard InChI is InChI=1S/C13H14F3NOS/c1-17(12(18)13(14,15)16)8-9-4-2-3-5-11(9)19-10-6-7-10/h2-5,10H,6-8H2,1H3. The predicted molar refractivity (Wildman–Crippen MR) is 67.9 cm³/mol. The summed E-state index contributed by atoms with van der Waals surface area (Å²) in [7, 11) is 1.17. The molecule has 0 unspecified atom stereocenters. The number of hydrogen-bond donors (Lipinski definition) is 0. The first kappa shape index (κ1) is 14.2. The maximum Gasteiger partial charge on any atom is 0.471 e. The van der Waals surface area contributed by atoms with Gasteiger partial charge in [0.1, 0.15) is 0 Å². The lowest BCUT2D eigenvalue weighted by atomic mass is 10.2. The quantitative estimate of drug-likeness (QED) is 0.846. The van der Waals surface area contributed by atoms with E-state index in [0.717, 1.165) is 23.3 Å². The van der Waals surface area contributed by atoms with Gasteiger partial charge in [-0.05, 0) is 24.5 Å². The molecule has 0 atom stereocenters. The van der Waals surface area contributed by atoms with Crippen molar-refractivity contribution in [3.8, 4) is 0 Å². The zero-order valence-corrected chi connectivity index (χ0v) is 11.2. The molecule has 2 rings (SSSR count). The summed E-state index contributed by atoms with van der Waals surface area (Å²) in [6.45, 7) is -0.0196. The number of carbonyl (C=O) groups is 1. The summed E-state index contributed by atoms with van der Waals surface area (Å²) >= 11 is 1.68. The van der Waals surface area contributed by atoms with Crippen molar-refractivity contribution in [3.05, 3.63) is 29.8 Å². The molecule has 6 heteroatoms. The molecule has 1 amide bonds. The summed E-state index contributed by atoms with van der Waals surface area (Å²) < 4.78 is 37.0. The van der Waals surface area contributed by atoms with Crippen molar-refractivity contribution in [2.24, 2.45) is 0 Å². The minimum atomic E-state index is -4.81. The molecule has 19 heavy (non-hydrogen) atoms. The fraction of sp³-hybridized carbons (Fsp3) is 0.462. The summed E-state index contributed by atoms with van der Waals surface area (Å²) in [5, 5.41) is 0.574. The van der Waals surface area contributed by atoms with Gasteiger partial charge in [0, 0.05) is 23.7 Å². The first-order chi connectivity index (χ1) is 8.88. The zero-order valence-electron chi connectivity index (χ0n) is 10.4. The molecule has 1 aliphatic rings. The van der Waals surface area contributed by atoms with E-state index in [2.05, 4.69) is 0 Å². The predicted octanol–water partition coefficient (Wildman–Crippen LogP) is 3.46. The first-order valence-corrected chi connectivity index (χ1v) is 6.82. The number of carbonyl (C=O) groups excluding carboxylic acids is 1. The number of benzene rings is 1. The molecule has 1 aromatic rings. The molecule has 1 aromatic carbocycles. The van der Waals surface area contributed by atoms with Crippen LogP contribution in [0.4, 0.5) is 13.2 Å². The summed E-state index contributed by atoms with van der Waals surface area (Å²) in [5.41, 5.74) is 0.763. The van der Waals surface area contributed by atoms with Gasteiger partial charge in [-0.2, -0.15) is 13.2 Å². The number of rotatable bonds is 4. The summed E-state index contributed by atoms with van der Waals surface area (Å²) in [5.74, 6) is -1.81. The highest BCUT2D eigenvalue weighted by Crippen LogP contribution is 2.40. The maximum absolute atomic E-state index is 12.3. The SMILES string of the molecule is CN(Cc1ccccc1SC1CC1)C(=O)C(F)(F)F. The molecule has 0 heterocycles. The molecule has 2 nitrogen and oxygen atoms in total. The van der Waals surface area contributed by atoms with Crippen molar-refractivity contribution in [2.75, 3.05) is 7.05 Å². The largest absolute Gasteiger partial charge is 0.471 e. The van der Waals surface area contributed by atoms with Crippen LogP contribution < -0.4 is 0 Å². The van der Waals surface area contributed by atoms with E-state index in [9.17, 15) is 18.0 Å². The van der Waals surface area contributed by atoms with Crippen molar-refractivity contribution in [1.29, 1.82) is 0 Å². The highest BCUT2D eigenvalue weighted by atomic mass is 32.2. The second kappa shape index (κ2) is 5.45. The number of hydrogen-bond acceptors (Lipinski definition) is 2. The van der Waals surface area contributed by atoms with Gasteiger partial charge in [-0.25, -0.2) is 0 Å². The molecule has 0 bridgehead atoms. The lowest BCUT2D eigenvalue weighted by Gasteiger charge is -2.20. The van der Waals surface area contributed by atoms with Gasteiger partial charge in [-0.3, -0.25) is 4.79 Å². The topological polar surface area (TPSA) is 20.3 Å². The Kier molecular flexibility index (Phi) is 4.08. The summed E-state index contributed by atoms with van der Waals surface area (Å²) in [6.07, 6.45) is -2.51. The van der Waals surface area contributed by atoms with Crippen molar-refractivity contribution >= 4 is 17.7 Å². The van der Waals surface area contributed by atoms with E-state index in [0.29, 0.717) is 10.1 Å². The Bertz CT molecular complexity index is 471. The number of nitrogens with zero attached hydrogens (tertiary/aromatic N) is 1. The van der Waals surface area contributed by atoms with Crippen molar-refractivity contribution in [1.82, 2.24) is 4.90 Å². The van der Waals surface area contributed by atoms with E-state index in [-0.39, 0.29) is 6.54 Å². The third-order valence-electron chi connectivity index (χ3n) is 2.79. The van der Waals surface area contributed by atoms with Gasteiger partial charge in [0.2, 0.25) is 0 Å². The fourth-order valence-electron chi connectivity index (χ4n) is 1.66. The van der Waals surface area contributed by atoms with Crippen LogP contribution in [-0.2, 0) is 11.3 Å². The van der Waals surface area contributed by atoms with E-state index in [1.807, 2.05) is 12.1 Å². The fourth-order valence-corrected chi connectivity index (χ4v) is 2.83. The Hall–Kier alpha value is -1.17. The maximum atomic E-state index is 12.3. The van der Waals surface area contributed by atoms with E-state index < -0.39 is 12.1 Å². The minimum Gasteiger partial charge on any atom is -0.334 e. The van der Waals surface area contributed by atoms with Gasteiger partial charge in [0.05, 0.1) is 0 Å². The van der Waals surface area contributed by atoms with Crippen LogP contribution >= 0.6 is 11.8 Å². The van der Waals surface area contributed by atoms with Crippen LogP contribution in [0.25, 0.3) is 0 Å². The minimum absolute atomic E-state index is 0.0196. The van der Waals surface area contributed by atoms with E-state index in [1.54, 1.807) is 23.9 Å². The second-order valence-corrected chi connectivity index (χ2v) is 5.93. The van der Waals surface area contributed by atoms with Crippen LogP contribution in [0, 0.1) is 0 Å². The molecular weight excluding hydrogens is 275 g/mol. The van der Waals surface area contributed by atoms with Gasteiger partial charge in [-0.1, -0.05) is 18.2 Å². The number of halogens is 3. The van der Waals surface area contributed by atoms with E-state index >= 15 is 0 Å². The normalized spacial score (nSPS) is 15.4. The molecule has 1 saturated carbocycles. The first-order valence-electron chi connectivity index (χ1n) is 5.95. The zero-order chi connectivity index (χ0) is 14.0. The monoisotopic (exact) mass is 289 g/mol. The Labute approximate surface area is 114 Å². The lowest BCUT2D eigenvalue weighted by Crippen LogP contribution is -2.38. The van der Waals surface area contributed by atoms with E-state index in [4.69, 9.17) is 0 Å². The number of amides is 1. The van der Waals surface area contributed by atoms with Crippen LogP contribution in [0.3, 0.4) is 0 Å². The highest BCUT2D eigenvalue weighted by molar-refractivity contribution is 8.00. The third-order valence-corrected chi connectivity index (χ3v) is 4.24. The van der Waals surface area contributed by atoms with Crippen LogP contribution in [0.2, 0.25) is 0 Å². The van der Waals surface area contributed by atoms with Crippen LogP contribution in [0.5, 0.6) is 0 Å². The number of alkyl halides is 3. The van der Waals surface area contributed by atoms with Gasteiger partial charge in [-0.15, -0.1) is 11.8 Å². The average Bonchev–Trinajstić information content (AvgIpc) is 3.13. The Morgan fingerprint density at radius 1 is 1.37 bits per heavy atom. The Balaban J connectivity index is 2.07. The molecule has 0 aliphatic heterocycles. The summed E-state index contributed by atoms with van der Waals surface area (Å²) in [6, 6.07) is 7.30. The Morgan fingerprint density at radius 3 is 2.58 bits per heavy atom. The van der Waals surface area contributed by atoms with Gasteiger partial charge >= 0.3 is 12.1 Å². The molecule has 1 fully saturated rings. The van der Waals surface area contributed by atoms with Crippen LogP contribution in [-0.4, -0.2) is 29.3 Å². The molecule has 0 N–H and O–H groups in total. The molecule has 104 valence electrons. The van der Waals surface area contributed by atoms with Crippen molar-refractivity contribution in [3.63, 3.8) is 0 Å². The molecule has 0 saturated heterocycles. The Morgan fingerprint density at radius 2 is 2.00 bits per heavy atom. The number of thioether (sulfide) groups is 1. The van der Waals surface area contributed by atoms with Crippen molar-refractivity contribution < 1.29 is 18.0 Å². The third kappa shape index (κ3) is 3.89. The van der Waals surface area contributed by atoms with Gasteiger partial charge in [0.25, 0.3) is 0 Å². The summed E-state index contributed by atoms with van der Waals surface area (Å²) in [4.78, 5) is 12.8. The van der Waals surface area contributed by atoms with Crippen LogP contribution in [0.15, 0.2) is 29.2 Å². The lowest BCUT2D eigenvalue weighted by molar-refractivity contribution is -0.184.